The second kappa shape index (κ2) is 6.93. The molecule has 0 bridgehead atoms. The van der Waals surface area contributed by atoms with Gasteiger partial charge >= 0.3 is 0 Å². The van der Waals surface area contributed by atoms with Gasteiger partial charge in [-0.1, -0.05) is 23.7 Å². The first-order chi connectivity index (χ1) is 11.5. The molecule has 0 aliphatic heterocycles. The van der Waals surface area contributed by atoms with E-state index in [-0.39, 0.29) is 11.9 Å². The van der Waals surface area contributed by atoms with Crippen LogP contribution in [0.25, 0.3) is 5.69 Å². The van der Waals surface area contributed by atoms with Crippen LogP contribution in [0.1, 0.15) is 31.5 Å². The number of nitrogens with zero attached hydrogens (tertiary/aromatic N) is 3. The van der Waals surface area contributed by atoms with Crippen LogP contribution in [0.2, 0.25) is 5.02 Å². The van der Waals surface area contributed by atoms with Gasteiger partial charge in [0, 0.05) is 24.3 Å². The van der Waals surface area contributed by atoms with Gasteiger partial charge in [-0.2, -0.15) is 5.10 Å². The van der Waals surface area contributed by atoms with Gasteiger partial charge in [0.15, 0.2) is 0 Å². The standard InChI is InChI=1S/C18H19ClN4O/c1-13(21-18(24)14(2)23-12-16(19)11-20-23)15-5-7-17(8-6-15)22-9-3-4-10-22/h3-14H,1-2H3,(H,21,24). The van der Waals surface area contributed by atoms with Crippen LogP contribution in [0.5, 0.6) is 0 Å². The van der Waals surface area contributed by atoms with Gasteiger partial charge in [-0.3, -0.25) is 9.48 Å². The van der Waals surface area contributed by atoms with Crippen molar-refractivity contribution in [2.75, 3.05) is 0 Å². The highest BCUT2D eigenvalue weighted by Gasteiger charge is 2.18. The number of carbonyl (C=O) groups is 1. The Morgan fingerprint density at radius 3 is 2.42 bits per heavy atom. The molecule has 0 spiro atoms. The van der Waals surface area contributed by atoms with Crippen molar-refractivity contribution in [2.45, 2.75) is 25.9 Å². The quantitative estimate of drug-likeness (QED) is 0.767. The van der Waals surface area contributed by atoms with E-state index < -0.39 is 6.04 Å². The molecule has 0 saturated heterocycles. The van der Waals surface area contributed by atoms with E-state index in [0.29, 0.717) is 5.02 Å². The lowest BCUT2D eigenvalue weighted by atomic mass is 10.1. The van der Waals surface area contributed by atoms with E-state index in [0.717, 1.165) is 11.3 Å². The van der Waals surface area contributed by atoms with Gasteiger partial charge in [0.2, 0.25) is 5.91 Å². The molecule has 2 heterocycles. The minimum Gasteiger partial charge on any atom is -0.348 e. The highest BCUT2D eigenvalue weighted by Crippen LogP contribution is 2.17. The third kappa shape index (κ3) is 3.51. The largest absolute Gasteiger partial charge is 0.348 e. The Balaban J connectivity index is 1.66. The van der Waals surface area contributed by atoms with Gasteiger partial charge in [-0.05, 0) is 43.7 Å². The van der Waals surface area contributed by atoms with Crippen molar-refractivity contribution in [1.29, 1.82) is 0 Å². The molecule has 124 valence electrons. The predicted molar refractivity (Wildman–Crippen MR) is 94.3 cm³/mol. The van der Waals surface area contributed by atoms with Crippen LogP contribution in [0.4, 0.5) is 0 Å². The average molecular weight is 343 g/mol. The van der Waals surface area contributed by atoms with Gasteiger partial charge in [0.1, 0.15) is 6.04 Å². The summed E-state index contributed by atoms with van der Waals surface area (Å²) >= 11 is 5.85. The molecule has 1 amide bonds. The van der Waals surface area contributed by atoms with Crippen LogP contribution in [0.15, 0.2) is 61.2 Å². The van der Waals surface area contributed by atoms with E-state index in [9.17, 15) is 4.79 Å². The highest BCUT2D eigenvalue weighted by molar-refractivity contribution is 6.30. The smallest absolute Gasteiger partial charge is 0.245 e. The number of aromatic nitrogens is 3. The summed E-state index contributed by atoms with van der Waals surface area (Å²) in [4.78, 5) is 12.4. The first-order valence-electron chi connectivity index (χ1n) is 7.78. The van der Waals surface area contributed by atoms with Crippen molar-refractivity contribution in [3.63, 3.8) is 0 Å². The van der Waals surface area contributed by atoms with Crippen LogP contribution in [0, 0.1) is 0 Å². The highest BCUT2D eigenvalue weighted by atomic mass is 35.5. The molecule has 1 N–H and O–H groups in total. The number of nitrogens with one attached hydrogen (secondary N) is 1. The zero-order valence-corrected chi connectivity index (χ0v) is 14.3. The van der Waals surface area contributed by atoms with Gasteiger partial charge in [0.25, 0.3) is 0 Å². The molecule has 2 aromatic heterocycles. The summed E-state index contributed by atoms with van der Waals surface area (Å²) in [5.41, 5.74) is 2.13. The monoisotopic (exact) mass is 342 g/mol. The van der Waals surface area contributed by atoms with Crippen molar-refractivity contribution < 1.29 is 4.79 Å². The summed E-state index contributed by atoms with van der Waals surface area (Å²) in [7, 11) is 0. The lowest BCUT2D eigenvalue weighted by Gasteiger charge is -2.18. The predicted octanol–water partition coefficient (Wildman–Crippen LogP) is 3.77. The van der Waals surface area contributed by atoms with Gasteiger partial charge in [-0.15, -0.1) is 0 Å². The summed E-state index contributed by atoms with van der Waals surface area (Å²) < 4.78 is 3.59. The number of amides is 1. The van der Waals surface area contributed by atoms with E-state index >= 15 is 0 Å². The topological polar surface area (TPSA) is 51.9 Å². The van der Waals surface area contributed by atoms with Crippen LogP contribution < -0.4 is 5.32 Å². The summed E-state index contributed by atoms with van der Waals surface area (Å²) in [6.45, 7) is 3.76. The van der Waals surface area contributed by atoms with Gasteiger partial charge < -0.3 is 9.88 Å². The lowest BCUT2D eigenvalue weighted by Crippen LogP contribution is -2.33. The zero-order valence-electron chi connectivity index (χ0n) is 13.6. The number of halogens is 1. The summed E-state index contributed by atoms with van der Waals surface area (Å²) in [5, 5.41) is 7.60. The Hall–Kier alpha value is -2.53. The Bertz CT molecular complexity index is 808. The number of hydrogen-bond acceptors (Lipinski definition) is 2. The molecule has 0 aliphatic carbocycles. The second-order valence-electron chi connectivity index (χ2n) is 5.73. The minimum absolute atomic E-state index is 0.0929. The fraction of sp³-hybridized carbons (Fsp3) is 0.222. The fourth-order valence-electron chi connectivity index (χ4n) is 2.51. The van der Waals surface area contributed by atoms with Crippen molar-refractivity contribution in [3.05, 3.63) is 71.8 Å². The molecule has 0 saturated carbocycles. The zero-order chi connectivity index (χ0) is 17.1. The van der Waals surface area contributed by atoms with E-state index in [2.05, 4.69) is 10.4 Å². The van der Waals surface area contributed by atoms with Crippen LogP contribution in [-0.2, 0) is 4.79 Å². The number of hydrogen-bond donors (Lipinski definition) is 1. The third-order valence-electron chi connectivity index (χ3n) is 4.00. The van der Waals surface area contributed by atoms with E-state index in [1.165, 1.54) is 6.20 Å². The summed E-state index contributed by atoms with van der Waals surface area (Å²) in [6.07, 6.45) is 7.16. The molecular weight excluding hydrogens is 324 g/mol. The van der Waals surface area contributed by atoms with Crippen molar-refractivity contribution in [2.24, 2.45) is 0 Å². The maximum Gasteiger partial charge on any atom is 0.245 e. The summed E-state index contributed by atoms with van der Waals surface area (Å²) in [5.74, 6) is -0.100. The van der Waals surface area contributed by atoms with E-state index in [1.807, 2.05) is 60.3 Å². The molecule has 2 unspecified atom stereocenters. The molecule has 0 radical (unpaired) electrons. The molecule has 6 heteroatoms. The Morgan fingerprint density at radius 1 is 1.17 bits per heavy atom. The molecule has 3 aromatic rings. The average Bonchev–Trinajstić information content (AvgIpc) is 3.25. The molecular formula is C18H19ClN4O. The van der Waals surface area contributed by atoms with Crippen molar-refractivity contribution >= 4 is 17.5 Å². The third-order valence-corrected chi connectivity index (χ3v) is 4.20. The Morgan fingerprint density at radius 2 is 1.83 bits per heavy atom. The lowest BCUT2D eigenvalue weighted by molar-refractivity contribution is -0.124. The van der Waals surface area contributed by atoms with Crippen LogP contribution in [0.3, 0.4) is 0 Å². The maximum absolute atomic E-state index is 12.4. The summed E-state index contributed by atoms with van der Waals surface area (Å²) in [6, 6.07) is 11.6. The number of rotatable bonds is 5. The molecule has 0 fully saturated rings. The molecule has 2 atom stereocenters. The van der Waals surface area contributed by atoms with E-state index in [1.54, 1.807) is 17.8 Å². The molecule has 5 nitrogen and oxygen atoms in total. The maximum atomic E-state index is 12.4. The van der Waals surface area contributed by atoms with Gasteiger partial charge in [0.05, 0.1) is 17.3 Å². The first-order valence-corrected chi connectivity index (χ1v) is 8.16. The van der Waals surface area contributed by atoms with Crippen LogP contribution >= 0.6 is 11.6 Å². The molecule has 24 heavy (non-hydrogen) atoms. The fourth-order valence-corrected chi connectivity index (χ4v) is 2.65. The molecule has 0 aliphatic rings. The minimum atomic E-state index is -0.418. The first kappa shape index (κ1) is 16.3. The Kier molecular flexibility index (Phi) is 4.71. The Labute approximate surface area is 145 Å². The van der Waals surface area contributed by atoms with E-state index in [4.69, 9.17) is 11.6 Å². The molecule has 1 aromatic carbocycles. The SMILES string of the molecule is CC(NC(=O)C(C)n1cc(Cl)cn1)c1ccc(-n2cccc2)cc1. The number of carbonyl (C=O) groups excluding carboxylic acids is 1. The second-order valence-corrected chi connectivity index (χ2v) is 6.16. The van der Waals surface area contributed by atoms with Gasteiger partial charge in [-0.25, -0.2) is 0 Å². The van der Waals surface area contributed by atoms with Crippen molar-refractivity contribution in [3.8, 4) is 5.69 Å². The molecule has 3 rings (SSSR count). The number of benzene rings is 1. The normalized spacial score (nSPS) is 13.5. The van der Waals surface area contributed by atoms with Crippen molar-refractivity contribution in [1.82, 2.24) is 19.7 Å². The van der Waals surface area contributed by atoms with Crippen LogP contribution in [-0.4, -0.2) is 20.3 Å².